The largest absolute Gasteiger partial charge is 0.497 e. The van der Waals surface area contributed by atoms with E-state index >= 15 is 0 Å². The van der Waals surface area contributed by atoms with Gasteiger partial charge in [-0.15, -0.1) is 0 Å². The fourth-order valence-corrected chi connectivity index (χ4v) is 4.74. The van der Waals surface area contributed by atoms with E-state index in [0.717, 1.165) is 23.4 Å². The molecule has 0 bridgehead atoms. The molecule has 8 heteroatoms. The van der Waals surface area contributed by atoms with E-state index in [4.69, 9.17) is 9.47 Å². The predicted octanol–water partition coefficient (Wildman–Crippen LogP) is 3.02. The number of halogens is 1. The van der Waals surface area contributed by atoms with Crippen LogP contribution in [0.15, 0.2) is 53.4 Å². The van der Waals surface area contributed by atoms with Gasteiger partial charge in [0.15, 0.2) is 0 Å². The summed E-state index contributed by atoms with van der Waals surface area (Å²) in [6.07, 6.45) is 1.41. The molecule has 29 heavy (non-hydrogen) atoms. The van der Waals surface area contributed by atoms with Gasteiger partial charge in [-0.05, 0) is 54.8 Å². The first-order chi connectivity index (χ1) is 13.9. The van der Waals surface area contributed by atoms with Crippen LogP contribution in [-0.4, -0.2) is 45.5 Å². The SMILES string of the molecule is COc1ccc(CCOC(=O)C2CCN(S(=O)(=O)c3ccc(F)cc3)CC2)cc1. The van der Waals surface area contributed by atoms with Crippen LogP contribution in [0.4, 0.5) is 4.39 Å². The molecule has 0 unspecified atom stereocenters. The minimum atomic E-state index is -3.68. The average molecular weight is 421 g/mol. The molecule has 1 aliphatic rings. The Labute approximate surface area is 170 Å². The highest BCUT2D eigenvalue weighted by Gasteiger charge is 2.32. The Morgan fingerprint density at radius 3 is 2.28 bits per heavy atom. The van der Waals surface area contributed by atoms with Crippen molar-refractivity contribution in [2.75, 3.05) is 26.8 Å². The Hall–Kier alpha value is -2.45. The number of carbonyl (C=O) groups is 1. The van der Waals surface area contributed by atoms with Gasteiger partial charge in [0.05, 0.1) is 24.5 Å². The van der Waals surface area contributed by atoms with Crippen molar-refractivity contribution in [1.82, 2.24) is 4.31 Å². The molecule has 0 aromatic heterocycles. The quantitative estimate of drug-likeness (QED) is 0.643. The molecule has 0 radical (unpaired) electrons. The van der Waals surface area contributed by atoms with E-state index in [1.807, 2.05) is 24.3 Å². The summed E-state index contributed by atoms with van der Waals surface area (Å²) in [6.45, 7) is 0.745. The van der Waals surface area contributed by atoms with E-state index in [1.54, 1.807) is 7.11 Å². The summed E-state index contributed by atoms with van der Waals surface area (Å²) in [4.78, 5) is 12.4. The second-order valence-electron chi connectivity index (χ2n) is 6.90. The van der Waals surface area contributed by atoms with Crippen LogP contribution in [0.2, 0.25) is 0 Å². The summed E-state index contributed by atoms with van der Waals surface area (Å²) in [5, 5.41) is 0. The Kier molecular flexibility index (Phi) is 6.87. The van der Waals surface area contributed by atoms with Gasteiger partial charge in [0.2, 0.25) is 10.0 Å². The third kappa shape index (κ3) is 5.33. The summed E-state index contributed by atoms with van der Waals surface area (Å²) >= 11 is 0. The zero-order valence-corrected chi connectivity index (χ0v) is 17.0. The molecule has 1 saturated heterocycles. The lowest BCUT2D eigenvalue weighted by molar-refractivity contribution is -0.149. The molecule has 0 atom stereocenters. The maximum Gasteiger partial charge on any atom is 0.309 e. The third-order valence-electron chi connectivity index (χ3n) is 5.03. The summed E-state index contributed by atoms with van der Waals surface area (Å²) in [5.74, 6) is -0.323. The number of sulfonamides is 1. The van der Waals surface area contributed by atoms with Crippen LogP contribution < -0.4 is 4.74 Å². The predicted molar refractivity (Wildman–Crippen MR) is 106 cm³/mol. The molecule has 156 valence electrons. The Morgan fingerprint density at radius 2 is 1.69 bits per heavy atom. The van der Waals surface area contributed by atoms with Crippen molar-refractivity contribution < 1.29 is 27.1 Å². The molecule has 0 amide bonds. The maximum atomic E-state index is 13.0. The Bertz CT molecular complexity index is 921. The molecule has 0 N–H and O–H groups in total. The van der Waals surface area contributed by atoms with Crippen LogP contribution >= 0.6 is 0 Å². The highest BCUT2D eigenvalue weighted by atomic mass is 32.2. The third-order valence-corrected chi connectivity index (χ3v) is 6.95. The molecule has 1 heterocycles. The van der Waals surface area contributed by atoms with E-state index in [1.165, 1.54) is 16.4 Å². The van der Waals surface area contributed by atoms with Crippen LogP contribution in [0, 0.1) is 11.7 Å². The van der Waals surface area contributed by atoms with Gasteiger partial charge in [0.1, 0.15) is 11.6 Å². The van der Waals surface area contributed by atoms with Crippen molar-refractivity contribution >= 4 is 16.0 Å². The fraction of sp³-hybridized carbons (Fsp3) is 0.381. The van der Waals surface area contributed by atoms with E-state index in [2.05, 4.69) is 0 Å². The van der Waals surface area contributed by atoms with E-state index in [9.17, 15) is 17.6 Å². The number of benzene rings is 2. The average Bonchev–Trinajstić information content (AvgIpc) is 2.74. The van der Waals surface area contributed by atoms with E-state index in [0.29, 0.717) is 19.3 Å². The molecule has 2 aromatic rings. The number of carbonyl (C=O) groups excluding carboxylic acids is 1. The Balaban J connectivity index is 1.47. The number of piperidine rings is 1. The number of esters is 1. The van der Waals surface area contributed by atoms with Crippen LogP contribution in [0.1, 0.15) is 18.4 Å². The lowest BCUT2D eigenvalue weighted by Crippen LogP contribution is -2.40. The molecule has 1 aliphatic heterocycles. The maximum absolute atomic E-state index is 13.0. The minimum Gasteiger partial charge on any atom is -0.497 e. The van der Waals surface area contributed by atoms with Gasteiger partial charge >= 0.3 is 5.97 Å². The number of hydrogen-bond acceptors (Lipinski definition) is 5. The van der Waals surface area contributed by atoms with Gasteiger partial charge in [-0.25, -0.2) is 12.8 Å². The molecule has 0 spiro atoms. The fourth-order valence-electron chi connectivity index (χ4n) is 3.27. The molecular weight excluding hydrogens is 397 g/mol. The lowest BCUT2D eigenvalue weighted by atomic mass is 9.98. The molecule has 0 aliphatic carbocycles. The van der Waals surface area contributed by atoms with Crippen LogP contribution in [0.25, 0.3) is 0 Å². The van der Waals surface area contributed by atoms with Crippen molar-refractivity contribution in [1.29, 1.82) is 0 Å². The molecule has 2 aromatic carbocycles. The van der Waals surface area contributed by atoms with E-state index in [-0.39, 0.29) is 36.5 Å². The molecular formula is C21H24FNO5S. The summed E-state index contributed by atoms with van der Waals surface area (Å²) < 4.78 is 50.1. The smallest absolute Gasteiger partial charge is 0.309 e. The van der Waals surface area contributed by atoms with Gasteiger partial charge in [0.25, 0.3) is 0 Å². The van der Waals surface area contributed by atoms with Gasteiger partial charge in [-0.2, -0.15) is 4.31 Å². The lowest BCUT2D eigenvalue weighted by Gasteiger charge is -2.30. The first-order valence-corrected chi connectivity index (χ1v) is 10.9. The first kappa shape index (κ1) is 21.3. The highest BCUT2D eigenvalue weighted by Crippen LogP contribution is 2.25. The molecule has 1 fully saturated rings. The number of rotatable bonds is 7. The van der Waals surface area contributed by atoms with Crippen molar-refractivity contribution in [3.8, 4) is 5.75 Å². The van der Waals surface area contributed by atoms with Gasteiger partial charge < -0.3 is 9.47 Å². The van der Waals surface area contributed by atoms with Crippen molar-refractivity contribution in [3.63, 3.8) is 0 Å². The summed E-state index contributed by atoms with van der Waals surface area (Å²) in [5.41, 5.74) is 1.04. The van der Waals surface area contributed by atoms with Crippen LogP contribution in [0.5, 0.6) is 5.75 Å². The minimum absolute atomic E-state index is 0.0550. The van der Waals surface area contributed by atoms with Gasteiger partial charge in [-0.3, -0.25) is 4.79 Å². The number of ether oxygens (including phenoxy) is 2. The monoisotopic (exact) mass is 421 g/mol. The second kappa shape index (κ2) is 9.37. The van der Waals surface area contributed by atoms with Gasteiger partial charge in [-0.1, -0.05) is 12.1 Å². The standard InChI is InChI=1S/C21H24FNO5S/c1-27-19-6-2-16(3-7-19)12-15-28-21(24)17-10-13-23(14-11-17)29(25,26)20-8-4-18(22)5-9-20/h2-9,17H,10-15H2,1H3. The van der Waals surface area contributed by atoms with Crippen LogP contribution in [0.3, 0.4) is 0 Å². The second-order valence-corrected chi connectivity index (χ2v) is 8.84. The number of methoxy groups -OCH3 is 1. The van der Waals surface area contributed by atoms with Crippen LogP contribution in [-0.2, 0) is 26.0 Å². The van der Waals surface area contributed by atoms with Crippen molar-refractivity contribution in [2.24, 2.45) is 5.92 Å². The topological polar surface area (TPSA) is 72.9 Å². The zero-order chi connectivity index (χ0) is 20.9. The van der Waals surface area contributed by atoms with Crippen molar-refractivity contribution in [3.05, 3.63) is 59.9 Å². The molecule has 0 saturated carbocycles. The Morgan fingerprint density at radius 1 is 1.07 bits per heavy atom. The first-order valence-electron chi connectivity index (χ1n) is 9.45. The number of nitrogens with zero attached hydrogens (tertiary/aromatic N) is 1. The molecule has 3 rings (SSSR count). The van der Waals surface area contributed by atoms with Gasteiger partial charge in [0, 0.05) is 19.5 Å². The van der Waals surface area contributed by atoms with E-state index < -0.39 is 15.8 Å². The summed E-state index contributed by atoms with van der Waals surface area (Å²) in [6, 6.07) is 12.3. The summed E-state index contributed by atoms with van der Waals surface area (Å²) in [7, 11) is -2.08. The number of hydrogen-bond donors (Lipinski definition) is 0. The zero-order valence-electron chi connectivity index (χ0n) is 16.2. The highest BCUT2D eigenvalue weighted by molar-refractivity contribution is 7.89. The molecule has 6 nitrogen and oxygen atoms in total. The normalized spacial score (nSPS) is 15.8. The van der Waals surface area contributed by atoms with Crippen molar-refractivity contribution in [2.45, 2.75) is 24.2 Å².